The highest BCUT2D eigenvalue weighted by Gasteiger charge is 2.50. The first-order chi connectivity index (χ1) is 14.8. The molecule has 2 heterocycles. The van der Waals surface area contributed by atoms with E-state index in [0.717, 1.165) is 12.1 Å². The predicted molar refractivity (Wildman–Crippen MR) is 103 cm³/mol. The van der Waals surface area contributed by atoms with Gasteiger partial charge in [0.1, 0.15) is 12.2 Å². The lowest BCUT2D eigenvalue weighted by atomic mass is 10.1. The van der Waals surface area contributed by atoms with Crippen LogP contribution in [0.1, 0.15) is 15.9 Å². The normalized spacial score (nSPS) is 25.0. The summed E-state index contributed by atoms with van der Waals surface area (Å²) in [4.78, 5) is 24.5. The first kappa shape index (κ1) is 21.1. The molecule has 0 saturated carbocycles. The molecule has 2 aromatic rings. The van der Waals surface area contributed by atoms with Crippen molar-refractivity contribution in [2.75, 3.05) is 18.5 Å². The molecule has 10 heteroatoms. The average molecular weight is 436 g/mol. The summed E-state index contributed by atoms with van der Waals surface area (Å²) < 4.78 is 55.0. The molecule has 0 aliphatic carbocycles. The van der Waals surface area contributed by atoms with Crippen molar-refractivity contribution in [1.82, 2.24) is 5.32 Å². The number of hydrogen-bond acceptors (Lipinski definition) is 5. The Labute approximate surface area is 175 Å². The van der Waals surface area contributed by atoms with Crippen LogP contribution in [0.5, 0.6) is 0 Å². The second-order valence-corrected chi connectivity index (χ2v) is 7.19. The monoisotopic (exact) mass is 436 g/mol. The van der Waals surface area contributed by atoms with Gasteiger partial charge < -0.3 is 19.5 Å². The summed E-state index contributed by atoms with van der Waals surface area (Å²) in [5.41, 5.74) is -0.432. The lowest BCUT2D eigenvalue weighted by Crippen LogP contribution is -2.44. The van der Waals surface area contributed by atoms with Crippen molar-refractivity contribution in [1.29, 1.82) is 0 Å². The molecule has 0 spiro atoms. The van der Waals surface area contributed by atoms with Gasteiger partial charge in [0, 0.05) is 11.3 Å². The molecule has 4 rings (SSSR count). The Morgan fingerprint density at radius 1 is 0.968 bits per heavy atom. The number of alkyl halides is 3. The van der Waals surface area contributed by atoms with Crippen molar-refractivity contribution in [3.63, 3.8) is 0 Å². The number of fused-ring (bicyclic) bond motifs is 1. The van der Waals surface area contributed by atoms with Gasteiger partial charge in [0.05, 0.1) is 24.8 Å². The standard InChI is InChI=1S/C21H19F3N2O5/c22-21(23,24)13-7-4-8-14(9-13)25-20(28)31-16-11-30-17-15(10-29-18(16)17)26-19(27)12-5-2-1-3-6-12/h1-9,15-18H,10-11H2,(H,25,28)(H,26,27)/t15-,16+,17+,18+/m0/s1. The Balaban J connectivity index is 1.32. The molecule has 7 nitrogen and oxygen atoms in total. The lowest BCUT2D eigenvalue weighted by molar-refractivity contribution is -0.137. The van der Waals surface area contributed by atoms with Gasteiger partial charge in [-0.25, -0.2) is 4.79 Å². The smallest absolute Gasteiger partial charge is 0.416 e. The molecule has 2 amide bonds. The predicted octanol–water partition coefficient (Wildman–Crippen LogP) is 3.22. The third kappa shape index (κ3) is 4.80. The van der Waals surface area contributed by atoms with Crippen molar-refractivity contribution in [2.45, 2.75) is 30.5 Å². The molecule has 0 unspecified atom stereocenters. The van der Waals surface area contributed by atoms with Crippen molar-refractivity contribution < 1.29 is 37.0 Å². The quantitative estimate of drug-likeness (QED) is 0.769. The molecule has 4 atom stereocenters. The largest absolute Gasteiger partial charge is 0.441 e. The van der Waals surface area contributed by atoms with E-state index in [-0.39, 0.29) is 24.8 Å². The van der Waals surface area contributed by atoms with Crippen molar-refractivity contribution in [2.24, 2.45) is 0 Å². The van der Waals surface area contributed by atoms with E-state index in [9.17, 15) is 22.8 Å². The maximum absolute atomic E-state index is 12.8. The molecule has 31 heavy (non-hydrogen) atoms. The summed E-state index contributed by atoms with van der Waals surface area (Å²) in [6.07, 6.45) is -7.29. The minimum Gasteiger partial charge on any atom is -0.441 e. The number of amides is 2. The van der Waals surface area contributed by atoms with E-state index in [0.29, 0.717) is 5.56 Å². The van der Waals surface area contributed by atoms with Crippen LogP contribution in [0.2, 0.25) is 0 Å². The van der Waals surface area contributed by atoms with Gasteiger partial charge in [-0.3, -0.25) is 10.1 Å². The number of carbonyl (C=O) groups is 2. The molecular formula is C21H19F3N2O5. The fourth-order valence-electron chi connectivity index (χ4n) is 3.59. The van der Waals surface area contributed by atoms with Crippen LogP contribution in [0, 0.1) is 0 Å². The topological polar surface area (TPSA) is 85.9 Å². The fraction of sp³-hybridized carbons (Fsp3) is 0.333. The van der Waals surface area contributed by atoms with Gasteiger partial charge in [0.25, 0.3) is 5.91 Å². The van der Waals surface area contributed by atoms with E-state index >= 15 is 0 Å². The van der Waals surface area contributed by atoms with Gasteiger partial charge in [0.2, 0.25) is 0 Å². The SMILES string of the molecule is O=C(Nc1cccc(C(F)(F)F)c1)O[C@@H]1CO[C@H]2[C@@H]1OC[C@@H]2NC(=O)c1ccccc1. The molecule has 2 saturated heterocycles. The molecule has 2 aliphatic heterocycles. The first-order valence-corrected chi connectivity index (χ1v) is 9.55. The van der Waals surface area contributed by atoms with Crippen LogP contribution in [-0.2, 0) is 20.4 Å². The molecular weight excluding hydrogens is 417 g/mol. The van der Waals surface area contributed by atoms with Gasteiger partial charge >= 0.3 is 12.3 Å². The second-order valence-electron chi connectivity index (χ2n) is 7.19. The van der Waals surface area contributed by atoms with Crippen molar-refractivity contribution >= 4 is 17.7 Å². The molecule has 0 bridgehead atoms. The number of benzene rings is 2. The van der Waals surface area contributed by atoms with Crippen LogP contribution < -0.4 is 10.6 Å². The van der Waals surface area contributed by atoms with Crippen molar-refractivity contribution in [3.05, 3.63) is 65.7 Å². The average Bonchev–Trinajstić information content (AvgIpc) is 3.32. The molecule has 2 aromatic carbocycles. The summed E-state index contributed by atoms with van der Waals surface area (Å²) in [6.45, 7) is 0.228. The summed E-state index contributed by atoms with van der Waals surface area (Å²) in [5, 5.41) is 5.13. The van der Waals surface area contributed by atoms with E-state index in [2.05, 4.69) is 10.6 Å². The van der Waals surface area contributed by atoms with E-state index in [1.54, 1.807) is 30.3 Å². The van der Waals surface area contributed by atoms with Gasteiger partial charge in [-0.1, -0.05) is 24.3 Å². The zero-order valence-electron chi connectivity index (χ0n) is 16.1. The summed E-state index contributed by atoms with van der Waals surface area (Å²) in [7, 11) is 0. The Bertz CT molecular complexity index is 954. The maximum Gasteiger partial charge on any atom is 0.416 e. The van der Waals surface area contributed by atoms with Gasteiger partial charge in [0.15, 0.2) is 6.10 Å². The molecule has 0 radical (unpaired) electrons. The molecule has 164 valence electrons. The van der Waals surface area contributed by atoms with Gasteiger partial charge in [-0.15, -0.1) is 0 Å². The second kappa shape index (κ2) is 8.56. The third-order valence-electron chi connectivity index (χ3n) is 5.06. The van der Waals surface area contributed by atoms with Gasteiger partial charge in [-0.2, -0.15) is 13.2 Å². The maximum atomic E-state index is 12.8. The van der Waals surface area contributed by atoms with Crippen LogP contribution >= 0.6 is 0 Å². The lowest BCUT2D eigenvalue weighted by Gasteiger charge is -2.18. The zero-order valence-corrected chi connectivity index (χ0v) is 16.1. The van der Waals surface area contributed by atoms with E-state index in [4.69, 9.17) is 14.2 Å². The van der Waals surface area contributed by atoms with Crippen LogP contribution in [0.3, 0.4) is 0 Å². The number of anilines is 1. The molecule has 0 aromatic heterocycles. The number of carbonyl (C=O) groups excluding carboxylic acids is 2. The number of rotatable bonds is 4. The van der Waals surface area contributed by atoms with Crippen molar-refractivity contribution in [3.8, 4) is 0 Å². The highest BCUT2D eigenvalue weighted by atomic mass is 19.4. The van der Waals surface area contributed by atoms with E-state index < -0.39 is 42.2 Å². The number of hydrogen-bond donors (Lipinski definition) is 2. The summed E-state index contributed by atoms with van der Waals surface area (Å²) >= 11 is 0. The molecule has 2 aliphatic rings. The molecule has 2 fully saturated rings. The fourth-order valence-corrected chi connectivity index (χ4v) is 3.59. The minimum absolute atomic E-state index is 0.0447. The highest BCUT2D eigenvalue weighted by molar-refractivity contribution is 5.94. The van der Waals surface area contributed by atoms with Crippen LogP contribution in [0.4, 0.5) is 23.7 Å². The van der Waals surface area contributed by atoms with E-state index in [1.807, 2.05) is 0 Å². The minimum atomic E-state index is -4.52. The number of ether oxygens (including phenoxy) is 3. The van der Waals surface area contributed by atoms with Crippen LogP contribution in [0.15, 0.2) is 54.6 Å². The summed E-state index contributed by atoms with van der Waals surface area (Å²) in [5.74, 6) is -0.273. The van der Waals surface area contributed by atoms with Gasteiger partial charge in [-0.05, 0) is 30.3 Å². The Morgan fingerprint density at radius 3 is 2.45 bits per heavy atom. The Kier molecular flexibility index (Phi) is 5.84. The Morgan fingerprint density at radius 2 is 1.71 bits per heavy atom. The number of nitrogens with one attached hydrogen (secondary N) is 2. The van der Waals surface area contributed by atoms with E-state index in [1.165, 1.54) is 12.1 Å². The van der Waals surface area contributed by atoms with Crippen LogP contribution in [0.25, 0.3) is 0 Å². The Hall–Kier alpha value is -3.11. The highest BCUT2D eigenvalue weighted by Crippen LogP contribution is 2.31. The third-order valence-corrected chi connectivity index (χ3v) is 5.06. The first-order valence-electron chi connectivity index (χ1n) is 9.55. The number of halogens is 3. The molecule has 2 N–H and O–H groups in total. The van der Waals surface area contributed by atoms with Crippen LogP contribution in [-0.4, -0.2) is 49.6 Å². The zero-order chi connectivity index (χ0) is 22.0. The summed E-state index contributed by atoms with van der Waals surface area (Å²) in [6, 6.07) is 12.5.